The number of nitrogens with zero attached hydrogens (tertiary/aromatic N) is 1. The zero-order valence-corrected chi connectivity index (χ0v) is 19.7. The molecule has 0 saturated heterocycles. The Morgan fingerprint density at radius 1 is 1.03 bits per heavy atom. The van der Waals surface area contributed by atoms with Gasteiger partial charge in [-0.3, -0.25) is 9.59 Å². The van der Waals surface area contributed by atoms with Crippen LogP contribution in [0.2, 0.25) is 0 Å². The summed E-state index contributed by atoms with van der Waals surface area (Å²) in [5.41, 5.74) is 4.42. The number of aliphatic carboxylic acids is 1. The fourth-order valence-electron chi connectivity index (χ4n) is 4.28. The van der Waals surface area contributed by atoms with Crippen LogP contribution in [-0.4, -0.2) is 67.9 Å². The van der Waals surface area contributed by atoms with Crippen molar-refractivity contribution in [3.63, 3.8) is 0 Å². The van der Waals surface area contributed by atoms with Crippen LogP contribution in [0, 0.1) is 0 Å². The first-order valence-electron chi connectivity index (χ1n) is 11.5. The van der Waals surface area contributed by atoms with Gasteiger partial charge < -0.3 is 24.8 Å². The number of carbonyl (C=O) groups is 3. The summed E-state index contributed by atoms with van der Waals surface area (Å²) in [5.74, 6) is -1.48. The summed E-state index contributed by atoms with van der Waals surface area (Å²) in [5, 5.41) is 11.7. The van der Waals surface area contributed by atoms with Crippen molar-refractivity contribution in [3.8, 4) is 11.1 Å². The van der Waals surface area contributed by atoms with Gasteiger partial charge in [-0.05, 0) is 41.5 Å². The highest BCUT2D eigenvalue weighted by Crippen LogP contribution is 2.44. The number of carbonyl (C=O) groups excluding carboxylic acids is 2. The molecule has 0 heterocycles. The summed E-state index contributed by atoms with van der Waals surface area (Å²) in [6.07, 6.45) is 0.553. The molecule has 0 bridgehead atoms. The van der Waals surface area contributed by atoms with Crippen molar-refractivity contribution in [1.82, 2.24) is 10.2 Å². The van der Waals surface area contributed by atoms with Gasteiger partial charge >= 0.3 is 12.1 Å². The molecule has 2 aromatic rings. The fourth-order valence-corrected chi connectivity index (χ4v) is 4.28. The number of alkyl carbamates (subject to hydrolysis) is 1. The maximum Gasteiger partial charge on any atom is 0.407 e. The molecule has 1 atom stereocenters. The number of fused-ring (bicyclic) bond motifs is 3. The van der Waals surface area contributed by atoms with Gasteiger partial charge in [0.05, 0.1) is 0 Å². The zero-order chi connectivity index (χ0) is 24.5. The third kappa shape index (κ3) is 6.35. The van der Waals surface area contributed by atoms with E-state index >= 15 is 0 Å². The summed E-state index contributed by atoms with van der Waals surface area (Å²) >= 11 is 0. The van der Waals surface area contributed by atoms with Crippen molar-refractivity contribution in [3.05, 3.63) is 59.7 Å². The lowest BCUT2D eigenvalue weighted by molar-refractivity contribution is -0.137. The van der Waals surface area contributed by atoms with E-state index in [4.69, 9.17) is 14.6 Å². The Bertz CT molecular complexity index is 963. The van der Waals surface area contributed by atoms with E-state index in [1.807, 2.05) is 36.4 Å². The van der Waals surface area contributed by atoms with Gasteiger partial charge in [-0.15, -0.1) is 0 Å². The van der Waals surface area contributed by atoms with Crippen molar-refractivity contribution in [1.29, 1.82) is 0 Å². The quantitative estimate of drug-likeness (QED) is 0.461. The van der Waals surface area contributed by atoms with Crippen molar-refractivity contribution < 1.29 is 29.0 Å². The molecule has 0 aromatic heterocycles. The van der Waals surface area contributed by atoms with Crippen LogP contribution in [0.3, 0.4) is 0 Å². The lowest BCUT2D eigenvalue weighted by Crippen LogP contribution is -2.48. The van der Waals surface area contributed by atoms with E-state index in [0.29, 0.717) is 13.2 Å². The second-order valence-electron chi connectivity index (χ2n) is 8.41. The van der Waals surface area contributed by atoms with E-state index in [-0.39, 0.29) is 31.3 Å². The molecule has 34 heavy (non-hydrogen) atoms. The third-order valence-electron chi connectivity index (χ3n) is 6.05. The number of methoxy groups -OCH3 is 1. The number of hydrogen-bond donors (Lipinski definition) is 2. The molecule has 8 nitrogen and oxygen atoms in total. The maximum absolute atomic E-state index is 12.9. The molecule has 0 aliphatic heterocycles. The normalized spacial score (nSPS) is 13.0. The Balaban J connectivity index is 1.62. The minimum Gasteiger partial charge on any atom is -0.481 e. The van der Waals surface area contributed by atoms with Crippen LogP contribution in [0.25, 0.3) is 11.1 Å². The smallest absolute Gasteiger partial charge is 0.407 e. The van der Waals surface area contributed by atoms with Gasteiger partial charge in [-0.2, -0.15) is 0 Å². The predicted octanol–water partition coefficient (Wildman–Crippen LogP) is 3.64. The summed E-state index contributed by atoms with van der Waals surface area (Å²) in [4.78, 5) is 38.1. The number of benzene rings is 2. The second-order valence-corrected chi connectivity index (χ2v) is 8.41. The maximum atomic E-state index is 12.9. The molecule has 182 valence electrons. The van der Waals surface area contributed by atoms with E-state index < -0.39 is 18.1 Å². The SMILES string of the molecule is COCCCCN(C)C(=O)C(CCC(=O)O)NC(=O)OCC1c2ccccc2-c2ccccc21. The second kappa shape index (κ2) is 12.2. The number of ether oxygens (including phenoxy) is 2. The molecular weight excluding hydrogens is 436 g/mol. The molecule has 0 radical (unpaired) electrons. The standard InChI is InChI=1S/C26H32N2O6/c1-28(15-7-8-16-33-2)25(31)23(13-14-24(29)30)27-26(32)34-17-22-20-11-5-3-9-18(20)19-10-4-6-12-21(19)22/h3-6,9-12,22-23H,7-8,13-17H2,1-2H3,(H,27,32)(H,29,30). The Morgan fingerprint density at radius 3 is 2.24 bits per heavy atom. The summed E-state index contributed by atoms with van der Waals surface area (Å²) in [7, 11) is 3.26. The molecule has 1 unspecified atom stereocenters. The van der Waals surface area contributed by atoms with Crippen molar-refractivity contribution >= 4 is 18.0 Å². The number of hydrogen-bond acceptors (Lipinski definition) is 5. The Morgan fingerprint density at radius 2 is 1.65 bits per heavy atom. The molecule has 3 rings (SSSR count). The van der Waals surface area contributed by atoms with Gasteiger partial charge in [0, 0.05) is 39.6 Å². The highest BCUT2D eigenvalue weighted by molar-refractivity contribution is 5.86. The highest BCUT2D eigenvalue weighted by atomic mass is 16.5. The first-order valence-corrected chi connectivity index (χ1v) is 11.5. The molecule has 0 fully saturated rings. The Kier molecular flexibility index (Phi) is 9.04. The van der Waals surface area contributed by atoms with E-state index in [9.17, 15) is 14.4 Å². The van der Waals surface area contributed by atoms with Crippen LogP contribution in [-0.2, 0) is 19.1 Å². The Hall–Kier alpha value is -3.39. The number of nitrogens with one attached hydrogen (secondary N) is 1. The van der Waals surface area contributed by atoms with E-state index in [0.717, 1.165) is 35.1 Å². The number of amides is 2. The van der Waals surface area contributed by atoms with Gasteiger partial charge in [-0.1, -0.05) is 48.5 Å². The van der Waals surface area contributed by atoms with Crippen LogP contribution >= 0.6 is 0 Å². The molecular formula is C26H32N2O6. The van der Waals surface area contributed by atoms with Crippen LogP contribution in [0.5, 0.6) is 0 Å². The fraction of sp³-hybridized carbons (Fsp3) is 0.423. The van der Waals surface area contributed by atoms with Crippen molar-refractivity contribution in [2.45, 2.75) is 37.6 Å². The van der Waals surface area contributed by atoms with E-state index in [2.05, 4.69) is 17.4 Å². The van der Waals surface area contributed by atoms with Gasteiger partial charge in [0.25, 0.3) is 0 Å². The number of carboxylic acids is 1. The van der Waals surface area contributed by atoms with Crippen LogP contribution < -0.4 is 5.32 Å². The van der Waals surface area contributed by atoms with Gasteiger partial charge in [0.2, 0.25) is 5.91 Å². The Labute approximate surface area is 199 Å². The lowest BCUT2D eigenvalue weighted by atomic mass is 9.98. The monoisotopic (exact) mass is 468 g/mol. The number of carboxylic acid groups (broad SMARTS) is 1. The van der Waals surface area contributed by atoms with Gasteiger partial charge in [-0.25, -0.2) is 4.79 Å². The first-order chi connectivity index (χ1) is 16.4. The molecule has 1 aliphatic rings. The topological polar surface area (TPSA) is 105 Å². The average molecular weight is 469 g/mol. The van der Waals surface area contributed by atoms with E-state index in [1.54, 1.807) is 14.2 Å². The molecule has 1 aliphatic carbocycles. The molecule has 2 amide bonds. The number of rotatable bonds is 12. The van der Waals surface area contributed by atoms with E-state index in [1.165, 1.54) is 4.90 Å². The average Bonchev–Trinajstić information content (AvgIpc) is 3.16. The molecule has 2 N–H and O–H groups in total. The number of likely N-dealkylation sites (N-methyl/N-ethyl adjacent to an activating group) is 1. The first kappa shape index (κ1) is 25.2. The minimum absolute atomic E-state index is 0.0131. The van der Waals surface area contributed by atoms with Crippen LogP contribution in [0.4, 0.5) is 4.79 Å². The number of unbranched alkanes of at least 4 members (excludes halogenated alkanes) is 1. The molecule has 0 saturated carbocycles. The predicted molar refractivity (Wildman–Crippen MR) is 128 cm³/mol. The molecule has 2 aromatic carbocycles. The van der Waals surface area contributed by atoms with Gasteiger partial charge in [0.15, 0.2) is 0 Å². The summed E-state index contributed by atoms with van der Waals surface area (Å²) < 4.78 is 10.6. The summed E-state index contributed by atoms with van der Waals surface area (Å²) in [6.45, 7) is 1.20. The third-order valence-corrected chi connectivity index (χ3v) is 6.05. The molecule has 0 spiro atoms. The zero-order valence-electron chi connectivity index (χ0n) is 19.7. The van der Waals surface area contributed by atoms with Crippen LogP contribution in [0.1, 0.15) is 42.7 Å². The highest BCUT2D eigenvalue weighted by Gasteiger charge is 2.30. The lowest BCUT2D eigenvalue weighted by Gasteiger charge is -2.24. The summed E-state index contributed by atoms with van der Waals surface area (Å²) in [6, 6.07) is 15.1. The van der Waals surface area contributed by atoms with Gasteiger partial charge in [0.1, 0.15) is 12.6 Å². The molecule has 8 heteroatoms. The largest absolute Gasteiger partial charge is 0.481 e. The van der Waals surface area contributed by atoms with Crippen LogP contribution in [0.15, 0.2) is 48.5 Å². The van der Waals surface area contributed by atoms with Crippen molar-refractivity contribution in [2.24, 2.45) is 0 Å². The van der Waals surface area contributed by atoms with Crippen molar-refractivity contribution in [2.75, 3.05) is 33.9 Å². The minimum atomic E-state index is -1.03.